The number of rotatable bonds is 0. The molecular formula is C2H5O2Zn. The van der Waals surface area contributed by atoms with Crippen molar-refractivity contribution in [1.29, 1.82) is 0 Å². The summed E-state index contributed by atoms with van der Waals surface area (Å²) in [6, 6.07) is 0. The van der Waals surface area contributed by atoms with Crippen LogP contribution in [0.2, 0.25) is 5.52 Å². The summed E-state index contributed by atoms with van der Waals surface area (Å²) in [5.41, 5.74) is 2.12. The van der Waals surface area contributed by atoms with Crippen LogP contribution in [0, 0.1) is 0 Å². The van der Waals surface area contributed by atoms with E-state index in [1.807, 2.05) is 0 Å². The van der Waals surface area contributed by atoms with Gasteiger partial charge in [0.05, 0.1) is 0 Å². The van der Waals surface area contributed by atoms with Gasteiger partial charge in [-0.15, -0.1) is 0 Å². The third-order valence-electron chi connectivity index (χ3n) is 0. The predicted molar refractivity (Wildman–Crippen MR) is 14.6 cm³/mol. The fraction of sp³-hybridized carbons (Fsp3) is 0.500. The van der Waals surface area contributed by atoms with Crippen molar-refractivity contribution in [3.63, 3.8) is 0 Å². The van der Waals surface area contributed by atoms with Crippen LogP contribution in [0.25, 0.3) is 0 Å². The molecule has 0 radical (unpaired) electrons. The molecule has 0 aromatic rings. The molecule has 0 aliphatic heterocycles. The van der Waals surface area contributed by atoms with Crippen LogP contribution >= 0.6 is 0 Å². The molecule has 0 bridgehead atoms. The Balaban J connectivity index is 0. The van der Waals surface area contributed by atoms with Gasteiger partial charge in [-0.2, -0.15) is 0 Å². The van der Waals surface area contributed by atoms with E-state index >= 15 is 0 Å². The number of carbonyl (C=O) groups is 1. The molecule has 0 fully saturated rings. The van der Waals surface area contributed by atoms with Crippen LogP contribution in [0.5, 0.6) is 0 Å². The first kappa shape index (κ1) is 8.92. The molecule has 0 aliphatic carbocycles. The molecule has 0 rings (SSSR count). The van der Waals surface area contributed by atoms with Crippen molar-refractivity contribution in [3.8, 4) is 0 Å². The molecule has 0 saturated heterocycles. The van der Waals surface area contributed by atoms with Gasteiger partial charge in [0.2, 0.25) is 0 Å². The van der Waals surface area contributed by atoms with Gasteiger partial charge < -0.3 is 5.11 Å². The number of carboxylic acid groups (broad SMARTS) is 1. The minimum atomic E-state index is -0.250. The van der Waals surface area contributed by atoms with E-state index < -0.39 is 0 Å². The Bertz CT molecular complexity index is 15.1. The summed E-state index contributed by atoms with van der Waals surface area (Å²) in [5, 5.41) is 6.89. The molecule has 0 spiro atoms. The Morgan fingerprint density at radius 2 is 1.80 bits per heavy atom. The molecule has 5 heavy (non-hydrogen) atoms. The molecule has 0 saturated carbocycles. The van der Waals surface area contributed by atoms with E-state index in [0.717, 1.165) is 0 Å². The Morgan fingerprint density at radius 3 is 1.80 bits per heavy atom. The first-order valence-corrected chi connectivity index (χ1v) is 4.17. The zero-order valence-electron chi connectivity index (χ0n) is 3.14. The van der Waals surface area contributed by atoms with Crippen LogP contribution in [-0.2, 0) is 23.1 Å². The molecular weight excluding hydrogens is 121 g/mol. The summed E-state index contributed by atoms with van der Waals surface area (Å²) < 4.78 is 0. The Labute approximate surface area is 40.9 Å². The van der Waals surface area contributed by atoms with Crippen LogP contribution in [0.3, 0.4) is 0 Å². The first-order valence-electron chi connectivity index (χ1n) is 1.20. The Kier molecular flexibility index (Phi) is 58.4. The zero-order valence-corrected chi connectivity index (χ0v) is 6.11. The normalized spacial score (nSPS) is 3.80. The summed E-state index contributed by atoms with van der Waals surface area (Å²) >= 11 is 1.38. The summed E-state index contributed by atoms with van der Waals surface area (Å²) in [7, 11) is 0. The van der Waals surface area contributed by atoms with E-state index in [4.69, 9.17) is 9.90 Å². The quantitative estimate of drug-likeness (QED) is 0.374. The molecule has 3 heteroatoms. The third kappa shape index (κ3) is 2060. The number of hydrogen-bond acceptors (Lipinski definition) is 1. The van der Waals surface area contributed by atoms with E-state index in [0.29, 0.717) is 0 Å². The summed E-state index contributed by atoms with van der Waals surface area (Å²) in [5.74, 6) is 0. The van der Waals surface area contributed by atoms with Crippen LogP contribution in [0.4, 0.5) is 0 Å². The molecule has 27 valence electrons. The summed E-state index contributed by atoms with van der Waals surface area (Å²) in [4.78, 5) is 8.36. The van der Waals surface area contributed by atoms with Gasteiger partial charge in [-0.3, -0.25) is 4.79 Å². The van der Waals surface area contributed by atoms with Gasteiger partial charge in [-0.25, -0.2) is 0 Å². The molecule has 0 unspecified atom stereocenters. The van der Waals surface area contributed by atoms with E-state index in [9.17, 15) is 0 Å². The van der Waals surface area contributed by atoms with Crippen LogP contribution in [0.15, 0.2) is 0 Å². The molecule has 1 N–H and O–H groups in total. The molecule has 0 aromatic carbocycles. The second kappa shape index (κ2) is 32.8. The third-order valence-corrected chi connectivity index (χ3v) is 0. The van der Waals surface area contributed by atoms with Gasteiger partial charge in [0.25, 0.3) is 6.47 Å². The zero-order chi connectivity index (χ0) is 4.71. The second-order valence-electron chi connectivity index (χ2n) is 0.105. The second-order valence-corrected chi connectivity index (χ2v) is 0.105. The van der Waals surface area contributed by atoms with Crippen LogP contribution < -0.4 is 0 Å². The topological polar surface area (TPSA) is 37.3 Å². The minimum absolute atomic E-state index is 0.250. The molecule has 0 aromatic heterocycles. The maximum absolute atomic E-state index is 8.36. The van der Waals surface area contributed by atoms with Gasteiger partial charge in [0.15, 0.2) is 0 Å². The van der Waals surface area contributed by atoms with Crippen molar-refractivity contribution >= 4 is 6.47 Å². The molecule has 0 heterocycles. The SMILES string of the molecule is O=CO.[CH3][Zn]. The molecule has 0 atom stereocenters. The fourth-order valence-electron chi connectivity index (χ4n) is 0. The van der Waals surface area contributed by atoms with Crippen LogP contribution in [-0.4, -0.2) is 11.6 Å². The molecule has 0 aliphatic rings. The predicted octanol–water partition coefficient (Wildman–Crippen LogP) is 0.282. The molecule has 0 amide bonds. The average Bonchev–Trinajstić information content (AvgIpc) is 1.46. The fourth-order valence-corrected chi connectivity index (χ4v) is 0. The first-order chi connectivity index (χ1) is 2.41. The van der Waals surface area contributed by atoms with Gasteiger partial charge in [0.1, 0.15) is 0 Å². The van der Waals surface area contributed by atoms with Gasteiger partial charge in [0, 0.05) is 0 Å². The van der Waals surface area contributed by atoms with Crippen molar-refractivity contribution in [2.45, 2.75) is 5.52 Å². The van der Waals surface area contributed by atoms with Crippen molar-refractivity contribution in [2.24, 2.45) is 0 Å². The van der Waals surface area contributed by atoms with Gasteiger partial charge >= 0.3 is 23.8 Å². The summed E-state index contributed by atoms with van der Waals surface area (Å²) in [6.45, 7) is -0.250. The van der Waals surface area contributed by atoms with Crippen molar-refractivity contribution in [2.75, 3.05) is 0 Å². The van der Waals surface area contributed by atoms with E-state index in [-0.39, 0.29) is 6.47 Å². The van der Waals surface area contributed by atoms with Crippen molar-refractivity contribution in [1.82, 2.24) is 0 Å². The Hall–Kier alpha value is 0.0934. The Morgan fingerprint density at radius 1 is 1.80 bits per heavy atom. The molecule has 2 nitrogen and oxygen atoms in total. The van der Waals surface area contributed by atoms with Crippen molar-refractivity contribution < 1.29 is 28.2 Å². The summed E-state index contributed by atoms with van der Waals surface area (Å²) in [6.07, 6.45) is 0. The van der Waals surface area contributed by atoms with Gasteiger partial charge in [-0.05, 0) is 0 Å². The van der Waals surface area contributed by atoms with Crippen molar-refractivity contribution in [3.05, 3.63) is 0 Å². The van der Waals surface area contributed by atoms with Gasteiger partial charge in [-0.1, -0.05) is 0 Å². The monoisotopic (exact) mass is 125 g/mol. The average molecular weight is 126 g/mol. The van der Waals surface area contributed by atoms with E-state index in [1.165, 1.54) is 18.3 Å². The van der Waals surface area contributed by atoms with Crippen LogP contribution in [0.1, 0.15) is 0 Å². The maximum atomic E-state index is 8.36. The number of hydrogen-bond donors (Lipinski definition) is 1. The standard InChI is InChI=1S/CH2O2.CH3.Zn/c2-1-3;;/h1H,(H,2,3);1H3;. The van der Waals surface area contributed by atoms with E-state index in [1.54, 1.807) is 0 Å². The van der Waals surface area contributed by atoms with E-state index in [2.05, 4.69) is 5.52 Å².